The molecule has 0 aliphatic carbocycles. The van der Waals surface area contributed by atoms with Crippen LogP contribution in [-0.2, 0) is 4.79 Å². The van der Waals surface area contributed by atoms with Crippen molar-refractivity contribution in [3.63, 3.8) is 0 Å². The summed E-state index contributed by atoms with van der Waals surface area (Å²) in [7, 11) is 0. The predicted molar refractivity (Wildman–Crippen MR) is 97.2 cm³/mol. The van der Waals surface area contributed by atoms with E-state index in [1.165, 1.54) is 18.1 Å². The lowest BCUT2D eigenvalue weighted by molar-refractivity contribution is -0.113. The van der Waals surface area contributed by atoms with Gasteiger partial charge in [0.25, 0.3) is 5.76 Å². The van der Waals surface area contributed by atoms with Crippen LogP contribution in [0.15, 0.2) is 64.8 Å². The van der Waals surface area contributed by atoms with Gasteiger partial charge >= 0.3 is 0 Å². The van der Waals surface area contributed by atoms with Crippen molar-refractivity contribution in [2.24, 2.45) is 0 Å². The fourth-order valence-corrected chi connectivity index (χ4v) is 3.43. The van der Waals surface area contributed by atoms with Gasteiger partial charge in [-0.2, -0.15) is 8.78 Å². The molecule has 0 atom stereocenters. The van der Waals surface area contributed by atoms with Gasteiger partial charge in [-0.15, -0.1) is 0 Å². The second-order valence-corrected chi connectivity index (χ2v) is 6.96. The van der Waals surface area contributed by atoms with E-state index in [1.54, 1.807) is 24.3 Å². The Morgan fingerprint density at radius 1 is 1.08 bits per heavy atom. The average molecular weight is 377 g/mol. The Labute approximate surface area is 151 Å². The first kappa shape index (κ1) is 17.6. The van der Waals surface area contributed by atoms with Crippen molar-refractivity contribution in [3.8, 4) is 0 Å². The number of para-hydroxylation sites is 1. The monoisotopic (exact) mass is 377 g/mol. The van der Waals surface area contributed by atoms with Crippen molar-refractivity contribution in [1.82, 2.24) is 9.97 Å². The highest BCUT2D eigenvalue weighted by molar-refractivity contribution is 8.00. The number of carbonyl (C=O) groups excluding carboxylic acids is 1. The topological polar surface area (TPSA) is 54.9 Å². The number of nitrogens with one attached hydrogen (secondary N) is 1. The summed E-state index contributed by atoms with van der Waals surface area (Å²) in [6, 6.07) is 13.9. The number of nitrogens with zero attached hydrogens (tertiary/aromatic N) is 2. The molecule has 3 rings (SSSR count). The maximum absolute atomic E-state index is 12.3. The largest absolute Gasteiger partial charge is 0.325 e. The summed E-state index contributed by atoms with van der Waals surface area (Å²) in [6.45, 7) is 0. The molecule has 1 heterocycles. The van der Waals surface area contributed by atoms with Gasteiger partial charge in [-0.1, -0.05) is 41.7 Å². The van der Waals surface area contributed by atoms with E-state index in [4.69, 9.17) is 0 Å². The lowest BCUT2D eigenvalue weighted by Crippen LogP contribution is -2.14. The molecule has 0 saturated heterocycles. The summed E-state index contributed by atoms with van der Waals surface area (Å²) >= 11 is 1.79. The number of anilines is 1. The van der Waals surface area contributed by atoms with Crippen LogP contribution in [-0.4, -0.2) is 27.4 Å². The molecular weight excluding hydrogens is 364 g/mol. The molecule has 0 fully saturated rings. The fourth-order valence-electron chi connectivity index (χ4n) is 2.15. The number of carbonyl (C=O) groups is 1. The van der Waals surface area contributed by atoms with E-state index in [0.29, 0.717) is 22.3 Å². The Hall–Kier alpha value is -2.19. The van der Waals surface area contributed by atoms with Gasteiger partial charge in [0.15, 0.2) is 0 Å². The summed E-state index contributed by atoms with van der Waals surface area (Å²) in [5, 5.41) is 4.38. The van der Waals surface area contributed by atoms with Crippen LogP contribution < -0.4 is 5.32 Å². The molecule has 4 nitrogen and oxygen atoms in total. The van der Waals surface area contributed by atoms with Gasteiger partial charge in [0.1, 0.15) is 11.4 Å². The summed E-state index contributed by atoms with van der Waals surface area (Å²) in [6.07, 6.45) is 1.47. The van der Waals surface area contributed by atoms with Crippen LogP contribution in [0.3, 0.4) is 0 Å². The minimum absolute atomic E-state index is 0.189. The van der Waals surface area contributed by atoms with E-state index in [-0.39, 0.29) is 11.7 Å². The van der Waals surface area contributed by atoms with Crippen molar-refractivity contribution in [1.29, 1.82) is 0 Å². The molecule has 1 amide bonds. The summed E-state index contributed by atoms with van der Waals surface area (Å²) in [4.78, 5) is 20.9. The van der Waals surface area contributed by atoms with Crippen LogP contribution in [0.2, 0.25) is 0 Å². The van der Waals surface area contributed by atoms with Crippen LogP contribution in [0.5, 0.6) is 0 Å². The van der Waals surface area contributed by atoms with E-state index in [1.807, 2.05) is 24.3 Å². The van der Waals surface area contributed by atoms with Crippen LogP contribution in [0.1, 0.15) is 0 Å². The van der Waals surface area contributed by atoms with Gasteiger partial charge < -0.3 is 5.32 Å². The van der Waals surface area contributed by atoms with E-state index in [0.717, 1.165) is 15.9 Å². The highest BCUT2D eigenvalue weighted by atomic mass is 32.2. The number of amides is 1. The molecule has 0 radical (unpaired) electrons. The van der Waals surface area contributed by atoms with Crippen LogP contribution in [0.4, 0.5) is 14.5 Å². The van der Waals surface area contributed by atoms with Crippen LogP contribution in [0, 0.1) is 0 Å². The number of benzene rings is 2. The number of thioether (sulfide) groups is 2. The number of alkyl halides is 2. The zero-order valence-electron chi connectivity index (χ0n) is 12.9. The van der Waals surface area contributed by atoms with Gasteiger partial charge in [0.05, 0.1) is 11.3 Å². The molecule has 1 aromatic heterocycles. The number of rotatable bonds is 6. The summed E-state index contributed by atoms with van der Waals surface area (Å²) in [5.41, 5.74) is 1.39. The third kappa shape index (κ3) is 4.90. The number of hydrogen-bond acceptors (Lipinski definition) is 5. The average Bonchev–Trinajstić information content (AvgIpc) is 2.61. The first-order valence-corrected chi connectivity index (χ1v) is 9.15. The molecule has 8 heteroatoms. The Morgan fingerprint density at radius 2 is 1.84 bits per heavy atom. The second kappa shape index (κ2) is 8.26. The maximum Gasteiger partial charge on any atom is 0.288 e. The lowest BCUT2D eigenvalue weighted by Gasteiger charge is -2.07. The summed E-state index contributed by atoms with van der Waals surface area (Å²) < 4.78 is 24.6. The number of halogens is 2. The SMILES string of the molecule is O=C(CSc1ncnc2ccccc12)Nc1ccc(SC(F)F)cc1. The Morgan fingerprint density at radius 3 is 2.60 bits per heavy atom. The predicted octanol–water partition coefficient (Wildman–Crippen LogP) is 4.68. The highest BCUT2D eigenvalue weighted by Gasteiger charge is 2.09. The van der Waals surface area contributed by atoms with Crippen LogP contribution in [0.25, 0.3) is 10.9 Å². The van der Waals surface area contributed by atoms with Gasteiger partial charge in [-0.05, 0) is 30.3 Å². The molecule has 3 aromatic rings. The van der Waals surface area contributed by atoms with Crippen molar-refractivity contribution < 1.29 is 13.6 Å². The second-order valence-electron chi connectivity index (χ2n) is 4.94. The molecule has 1 N–H and O–H groups in total. The van der Waals surface area contributed by atoms with Crippen LogP contribution >= 0.6 is 23.5 Å². The van der Waals surface area contributed by atoms with Gasteiger partial charge in [-0.25, -0.2) is 9.97 Å². The molecule has 25 heavy (non-hydrogen) atoms. The first-order valence-electron chi connectivity index (χ1n) is 7.29. The Balaban J connectivity index is 1.59. The zero-order chi connectivity index (χ0) is 17.6. The zero-order valence-corrected chi connectivity index (χ0v) is 14.5. The third-order valence-corrected chi connectivity index (χ3v) is 4.94. The minimum atomic E-state index is -2.46. The van der Waals surface area contributed by atoms with E-state index >= 15 is 0 Å². The van der Waals surface area contributed by atoms with Crippen molar-refractivity contribution in [2.45, 2.75) is 15.7 Å². The first-order chi connectivity index (χ1) is 12.1. The van der Waals surface area contributed by atoms with E-state index in [9.17, 15) is 13.6 Å². The quantitative estimate of drug-likeness (QED) is 0.499. The summed E-state index contributed by atoms with van der Waals surface area (Å²) in [5.74, 6) is -2.46. The number of fused-ring (bicyclic) bond motifs is 1. The number of hydrogen-bond donors (Lipinski definition) is 1. The molecule has 0 aliphatic heterocycles. The van der Waals surface area contributed by atoms with Gasteiger partial charge in [-0.3, -0.25) is 4.79 Å². The third-order valence-electron chi connectivity index (χ3n) is 3.21. The standard InChI is InChI=1S/C17H13F2N3OS2/c18-17(19)25-12-7-5-11(6-8-12)22-15(23)9-24-16-13-3-1-2-4-14(13)20-10-21-16/h1-8,10,17H,9H2,(H,22,23). The molecule has 0 spiro atoms. The molecule has 0 bridgehead atoms. The molecule has 0 unspecified atom stereocenters. The molecule has 0 aliphatic rings. The molecule has 128 valence electrons. The van der Waals surface area contributed by atoms with E-state index < -0.39 is 5.76 Å². The number of aromatic nitrogens is 2. The Kier molecular flexibility index (Phi) is 5.83. The Bertz CT molecular complexity index is 870. The van der Waals surface area contributed by atoms with Gasteiger partial charge in [0.2, 0.25) is 5.91 Å². The van der Waals surface area contributed by atoms with Crippen molar-refractivity contribution in [2.75, 3.05) is 11.1 Å². The van der Waals surface area contributed by atoms with E-state index in [2.05, 4.69) is 15.3 Å². The normalized spacial score (nSPS) is 11.0. The lowest BCUT2D eigenvalue weighted by atomic mass is 10.2. The maximum atomic E-state index is 12.3. The minimum Gasteiger partial charge on any atom is -0.325 e. The van der Waals surface area contributed by atoms with Crippen molar-refractivity contribution >= 4 is 46.0 Å². The molecular formula is C17H13F2N3OS2. The molecule has 2 aromatic carbocycles. The smallest absolute Gasteiger partial charge is 0.288 e. The highest BCUT2D eigenvalue weighted by Crippen LogP contribution is 2.27. The van der Waals surface area contributed by atoms with Crippen molar-refractivity contribution in [3.05, 3.63) is 54.9 Å². The fraction of sp³-hybridized carbons (Fsp3) is 0.118. The molecule has 0 saturated carbocycles. The van der Waals surface area contributed by atoms with Gasteiger partial charge in [0, 0.05) is 16.0 Å².